The number of fused-ring (bicyclic) bond motifs is 1. The molecule has 3 rings (SSSR count). The number of hydrogen-bond acceptors (Lipinski definition) is 6. The van der Waals surface area contributed by atoms with E-state index in [0.717, 1.165) is 22.4 Å². The maximum atomic E-state index is 8.82. The molecule has 98 valence electrons. The fourth-order valence-electron chi connectivity index (χ4n) is 1.77. The van der Waals surface area contributed by atoms with E-state index in [1.165, 1.54) is 0 Å². The molecule has 1 aromatic carbocycles. The number of rotatable bonds is 5. The Morgan fingerprint density at radius 3 is 3.16 bits per heavy atom. The van der Waals surface area contributed by atoms with E-state index in [-0.39, 0.29) is 21.6 Å². The van der Waals surface area contributed by atoms with Gasteiger partial charge in [0.15, 0.2) is 0 Å². The van der Waals surface area contributed by atoms with E-state index in [9.17, 15) is 0 Å². The van der Waals surface area contributed by atoms with Crippen LogP contribution < -0.4 is 5.32 Å². The van der Waals surface area contributed by atoms with E-state index in [1.807, 2.05) is 24.4 Å². The van der Waals surface area contributed by atoms with Gasteiger partial charge in [0.2, 0.25) is 0 Å². The minimum atomic E-state index is -0.0234. The molecule has 8 heteroatoms. The van der Waals surface area contributed by atoms with Gasteiger partial charge < -0.3 is 0 Å². The Kier molecular flexibility index (Phi) is 3.54. The standard InChI is InChI=1S/C11H12N6OSe/c18-5-4-17-7-8(13-16-17)6-12-9-2-1-3-10-11(9)15-19-14-10/h1-3,7,12,18H,4-6H2. The molecule has 0 aliphatic rings. The van der Waals surface area contributed by atoms with Crippen molar-refractivity contribution in [3.8, 4) is 0 Å². The summed E-state index contributed by atoms with van der Waals surface area (Å²) >= 11 is -0.0234. The van der Waals surface area contributed by atoms with Gasteiger partial charge >= 0.3 is 115 Å². The third-order valence-electron chi connectivity index (χ3n) is 2.66. The number of hydrogen-bond donors (Lipinski definition) is 2. The molecule has 0 saturated heterocycles. The molecular weight excluding hydrogens is 311 g/mol. The third-order valence-corrected chi connectivity index (χ3v) is 3.80. The van der Waals surface area contributed by atoms with Crippen molar-refractivity contribution in [1.29, 1.82) is 0 Å². The molecule has 0 aliphatic carbocycles. The fraction of sp³-hybridized carbons (Fsp3) is 0.273. The molecule has 2 heterocycles. The minimum absolute atomic E-state index is 0.0234. The van der Waals surface area contributed by atoms with Crippen molar-refractivity contribution in [3.63, 3.8) is 0 Å². The number of aliphatic hydroxyl groups is 1. The summed E-state index contributed by atoms with van der Waals surface area (Å²) in [5, 5.41) is 20.1. The van der Waals surface area contributed by atoms with Crippen LogP contribution in [-0.2, 0) is 13.1 Å². The summed E-state index contributed by atoms with van der Waals surface area (Å²) < 4.78 is 10.4. The van der Waals surface area contributed by atoms with Gasteiger partial charge in [-0.15, -0.1) is 0 Å². The second kappa shape index (κ2) is 5.48. The van der Waals surface area contributed by atoms with Crippen molar-refractivity contribution in [3.05, 3.63) is 30.1 Å². The van der Waals surface area contributed by atoms with Crippen LogP contribution in [0.3, 0.4) is 0 Å². The van der Waals surface area contributed by atoms with Crippen molar-refractivity contribution in [2.24, 2.45) is 0 Å². The van der Waals surface area contributed by atoms with Gasteiger partial charge in [-0.1, -0.05) is 0 Å². The van der Waals surface area contributed by atoms with E-state index in [1.54, 1.807) is 4.68 Å². The van der Waals surface area contributed by atoms with Gasteiger partial charge in [-0.2, -0.15) is 0 Å². The first-order valence-corrected chi connectivity index (χ1v) is 7.35. The summed E-state index contributed by atoms with van der Waals surface area (Å²) in [6.07, 6.45) is 1.82. The van der Waals surface area contributed by atoms with E-state index in [0.29, 0.717) is 13.1 Å². The van der Waals surface area contributed by atoms with E-state index < -0.39 is 0 Å². The SMILES string of the molecule is OCCn1cc(CNc2cccc3n[se]nc23)nn1. The van der Waals surface area contributed by atoms with Gasteiger partial charge in [0, 0.05) is 0 Å². The summed E-state index contributed by atoms with van der Waals surface area (Å²) in [7, 11) is 0. The average molecular weight is 323 g/mol. The van der Waals surface area contributed by atoms with Crippen LogP contribution in [0.1, 0.15) is 5.69 Å². The Morgan fingerprint density at radius 2 is 2.26 bits per heavy atom. The van der Waals surface area contributed by atoms with Crippen LogP contribution in [0.5, 0.6) is 0 Å². The van der Waals surface area contributed by atoms with Crippen LogP contribution in [0.15, 0.2) is 24.4 Å². The topological polar surface area (TPSA) is 88.8 Å². The summed E-state index contributed by atoms with van der Waals surface area (Å²) in [5.41, 5.74) is 3.68. The Balaban J connectivity index is 1.73. The van der Waals surface area contributed by atoms with Crippen LogP contribution in [0.2, 0.25) is 0 Å². The van der Waals surface area contributed by atoms with Gasteiger partial charge in [0.1, 0.15) is 0 Å². The zero-order chi connectivity index (χ0) is 13.1. The molecule has 19 heavy (non-hydrogen) atoms. The van der Waals surface area contributed by atoms with E-state index in [4.69, 9.17) is 5.11 Å². The van der Waals surface area contributed by atoms with Gasteiger partial charge in [0.25, 0.3) is 0 Å². The second-order valence-corrected chi connectivity index (χ2v) is 5.10. The quantitative estimate of drug-likeness (QED) is 0.637. The molecule has 2 aromatic heterocycles. The number of aliphatic hydroxyl groups excluding tert-OH is 1. The Morgan fingerprint density at radius 1 is 1.32 bits per heavy atom. The third kappa shape index (κ3) is 2.65. The van der Waals surface area contributed by atoms with Gasteiger partial charge in [0.05, 0.1) is 0 Å². The molecule has 0 unspecified atom stereocenters. The normalized spacial score (nSPS) is 11.0. The molecule has 0 radical (unpaired) electrons. The first-order chi connectivity index (χ1) is 9.36. The number of nitrogens with zero attached hydrogens (tertiary/aromatic N) is 5. The van der Waals surface area contributed by atoms with Crippen LogP contribution in [0.25, 0.3) is 11.0 Å². The Hall–Kier alpha value is -1.76. The first-order valence-electron chi connectivity index (χ1n) is 5.82. The molecule has 7 nitrogen and oxygen atoms in total. The zero-order valence-electron chi connectivity index (χ0n) is 10.0. The monoisotopic (exact) mass is 324 g/mol. The van der Waals surface area contributed by atoms with Gasteiger partial charge in [-0.25, -0.2) is 0 Å². The molecular formula is C11H12N6OSe. The van der Waals surface area contributed by atoms with Crippen molar-refractivity contribution in [1.82, 2.24) is 23.0 Å². The summed E-state index contributed by atoms with van der Waals surface area (Å²) in [6, 6.07) is 5.91. The van der Waals surface area contributed by atoms with Crippen LogP contribution >= 0.6 is 0 Å². The van der Waals surface area contributed by atoms with Crippen molar-refractivity contribution in [2.45, 2.75) is 13.1 Å². The van der Waals surface area contributed by atoms with Crippen LogP contribution in [0.4, 0.5) is 5.69 Å². The molecule has 0 spiro atoms. The number of anilines is 1. The molecule has 0 aliphatic heterocycles. The summed E-state index contributed by atoms with van der Waals surface area (Å²) in [6.45, 7) is 1.10. The van der Waals surface area contributed by atoms with Gasteiger partial charge in [-0.3, -0.25) is 0 Å². The Labute approximate surface area is 115 Å². The second-order valence-electron chi connectivity index (χ2n) is 3.99. The predicted molar refractivity (Wildman–Crippen MR) is 70.9 cm³/mol. The molecule has 0 atom stereocenters. The van der Waals surface area contributed by atoms with Gasteiger partial charge in [-0.05, 0) is 0 Å². The zero-order valence-corrected chi connectivity index (χ0v) is 11.7. The maximum absolute atomic E-state index is 8.82. The van der Waals surface area contributed by atoms with E-state index >= 15 is 0 Å². The van der Waals surface area contributed by atoms with Crippen LogP contribution in [-0.4, -0.2) is 49.6 Å². The first kappa shape index (κ1) is 12.3. The Bertz CT molecular complexity index is 678. The molecule has 3 aromatic rings. The average Bonchev–Trinajstić information content (AvgIpc) is 3.05. The molecule has 0 bridgehead atoms. The van der Waals surface area contributed by atoms with Crippen LogP contribution in [0, 0.1) is 0 Å². The number of aromatic nitrogens is 5. The summed E-state index contributed by atoms with van der Waals surface area (Å²) in [4.78, 5) is 0. The number of benzene rings is 1. The summed E-state index contributed by atoms with van der Waals surface area (Å²) in [5.74, 6) is 0. The van der Waals surface area contributed by atoms with E-state index in [2.05, 4.69) is 23.6 Å². The predicted octanol–water partition coefficient (Wildman–Crippen LogP) is -0.117. The molecule has 0 fully saturated rings. The van der Waals surface area contributed by atoms with Crippen molar-refractivity contribution >= 4 is 31.7 Å². The molecule has 2 N–H and O–H groups in total. The van der Waals surface area contributed by atoms with Crippen molar-refractivity contribution in [2.75, 3.05) is 11.9 Å². The fourth-order valence-corrected chi connectivity index (χ4v) is 2.92. The molecule has 0 amide bonds. The molecule has 0 saturated carbocycles. The van der Waals surface area contributed by atoms with Crippen molar-refractivity contribution < 1.29 is 5.11 Å². The number of nitrogens with one attached hydrogen (secondary N) is 1.